The van der Waals surface area contributed by atoms with E-state index in [9.17, 15) is 37.1 Å². The molecular formula is C25H15F5N2O2S. The summed E-state index contributed by atoms with van der Waals surface area (Å²) in [5, 5.41) is 18.7. The van der Waals surface area contributed by atoms with Gasteiger partial charge in [-0.05, 0) is 41.5 Å². The molecule has 0 atom stereocenters. The third-order valence-electron chi connectivity index (χ3n) is 5.31. The maximum atomic E-state index is 14.3. The molecule has 0 saturated carbocycles. The molecule has 0 fully saturated rings. The van der Waals surface area contributed by atoms with Gasteiger partial charge in [-0.1, -0.05) is 24.3 Å². The van der Waals surface area contributed by atoms with E-state index in [1.807, 2.05) is 0 Å². The maximum absolute atomic E-state index is 14.3. The van der Waals surface area contributed by atoms with E-state index in [2.05, 4.69) is 0 Å². The van der Waals surface area contributed by atoms with Gasteiger partial charge in [-0.3, -0.25) is 4.79 Å². The number of benzene rings is 2. The highest BCUT2D eigenvalue weighted by Crippen LogP contribution is 2.38. The number of aliphatic hydroxyl groups is 1. The highest BCUT2D eigenvalue weighted by molar-refractivity contribution is 7.18. The summed E-state index contributed by atoms with van der Waals surface area (Å²) in [5.74, 6) is -1.83. The van der Waals surface area contributed by atoms with Crippen LogP contribution in [0, 0.1) is 23.0 Å². The molecule has 0 aliphatic rings. The number of aromatic nitrogens is 1. The van der Waals surface area contributed by atoms with Gasteiger partial charge in [0, 0.05) is 16.5 Å². The summed E-state index contributed by atoms with van der Waals surface area (Å²) in [7, 11) is 0. The van der Waals surface area contributed by atoms with Gasteiger partial charge in [-0.2, -0.15) is 18.4 Å². The fourth-order valence-corrected chi connectivity index (χ4v) is 4.64. The number of hydrogen-bond acceptors (Lipinski definition) is 4. The summed E-state index contributed by atoms with van der Waals surface area (Å²) < 4.78 is 69.7. The van der Waals surface area contributed by atoms with Crippen LogP contribution in [0.1, 0.15) is 22.3 Å². The molecule has 0 aliphatic carbocycles. The standard InChI is InChI=1S/C25H15F5N2O2S/c26-17-5-4-16(20(27)9-17)12-32-21(10-19(25(28,29)30)18(11-31)24(32)34)23-7-6-22(35-23)15-3-1-2-14(8-15)13-33/h1-10,33H,12-13H2. The lowest BCUT2D eigenvalue weighted by atomic mass is 10.1. The Morgan fingerprint density at radius 2 is 1.74 bits per heavy atom. The molecular weight excluding hydrogens is 487 g/mol. The number of rotatable bonds is 5. The van der Waals surface area contributed by atoms with E-state index >= 15 is 0 Å². The monoisotopic (exact) mass is 502 g/mol. The fourth-order valence-electron chi connectivity index (χ4n) is 3.61. The highest BCUT2D eigenvalue weighted by atomic mass is 32.1. The zero-order chi connectivity index (χ0) is 25.3. The molecule has 0 aliphatic heterocycles. The largest absolute Gasteiger partial charge is 0.417 e. The Kier molecular flexibility index (Phi) is 6.56. The second kappa shape index (κ2) is 9.44. The lowest BCUT2D eigenvalue weighted by Gasteiger charge is -2.17. The van der Waals surface area contributed by atoms with Crippen LogP contribution in [0.15, 0.2) is 65.5 Å². The second-order valence-corrected chi connectivity index (χ2v) is 8.66. The minimum absolute atomic E-state index is 0.133. The molecule has 4 rings (SSSR count). The summed E-state index contributed by atoms with van der Waals surface area (Å²) in [6.45, 7) is -0.709. The number of nitriles is 1. The Balaban J connectivity index is 1.93. The minimum Gasteiger partial charge on any atom is -0.392 e. The van der Waals surface area contributed by atoms with E-state index in [1.54, 1.807) is 30.3 Å². The number of aliphatic hydroxyl groups excluding tert-OH is 1. The van der Waals surface area contributed by atoms with Crippen LogP contribution in [0.5, 0.6) is 0 Å². The van der Waals surface area contributed by atoms with Gasteiger partial charge >= 0.3 is 6.18 Å². The van der Waals surface area contributed by atoms with Crippen molar-refractivity contribution in [2.45, 2.75) is 19.3 Å². The second-order valence-electron chi connectivity index (χ2n) is 7.58. The van der Waals surface area contributed by atoms with Crippen LogP contribution in [0.4, 0.5) is 22.0 Å². The molecule has 2 aromatic carbocycles. The third-order valence-corrected chi connectivity index (χ3v) is 6.47. The van der Waals surface area contributed by atoms with Gasteiger partial charge in [-0.25, -0.2) is 8.78 Å². The van der Waals surface area contributed by atoms with E-state index in [4.69, 9.17) is 0 Å². The van der Waals surface area contributed by atoms with Crippen molar-refractivity contribution in [2.24, 2.45) is 0 Å². The van der Waals surface area contributed by atoms with Crippen molar-refractivity contribution >= 4 is 11.3 Å². The summed E-state index contributed by atoms with van der Waals surface area (Å²) in [6.07, 6.45) is -4.98. The molecule has 4 nitrogen and oxygen atoms in total. The van der Waals surface area contributed by atoms with Gasteiger partial charge in [-0.15, -0.1) is 11.3 Å². The predicted molar refractivity (Wildman–Crippen MR) is 121 cm³/mol. The molecule has 35 heavy (non-hydrogen) atoms. The van der Waals surface area contributed by atoms with Crippen molar-refractivity contribution in [3.8, 4) is 27.1 Å². The van der Waals surface area contributed by atoms with Crippen LogP contribution < -0.4 is 5.56 Å². The summed E-state index contributed by atoms with van der Waals surface area (Å²) in [4.78, 5) is 13.9. The van der Waals surface area contributed by atoms with Crippen LogP contribution in [-0.2, 0) is 19.3 Å². The average Bonchev–Trinajstić information content (AvgIpc) is 3.31. The molecule has 0 unspecified atom stereocenters. The molecule has 0 bridgehead atoms. The van der Waals surface area contributed by atoms with Crippen LogP contribution in [0.25, 0.3) is 21.0 Å². The number of halogens is 5. The molecule has 4 aromatic rings. The van der Waals surface area contributed by atoms with Gasteiger partial charge in [0.05, 0.1) is 29.3 Å². The van der Waals surface area contributed by atoms with Crippen LogP contribution >= 0.6 is 11.3 Å². The van der Waals surface area contributed by atoms with E-state index in [-0.39, 0.29) is 22.7 Å². The molecule has 0 amide bonds. The lowest BCUT2D eigenvalue weighted by molar-refractivity contribution is -0.137. The first-order chi connectivity index (χ1) is 16.6. The van der Waals surface area contributed by atoms with Crippen molar-refractivity contribution in [2.75, 3.05) is 0 Å². The maximum Gasteiger partial charge on any atom is 0.417 e. The van der Waals surface area contributed by atoms with Crippen LogP contribution in [-0.4, -0.2) is 9.67 Å². The van der Waals surface area contributed by atoms with Gasteiger partial charge in [0.2, 0.25) is 0 Å². The first-order valence-corrected chi connectivity index (χ1v) is 10.9. The quantitative estimate of drug-likeness (QED) is 0.343. The van der Waals surface area contributed by atoms with Crippen molar-refractivity contribution in [3.05, 3.63) is 105 Å². The smallest absolute Gasteiger partial charge is 0.392 e. The molecule has 0 radical (unpaired) electrons. The predicted octanol–water partition coefficient (Wildman–Crippen LogP) is 5.95. The van der Waals surface area contributed by atoms with Crippen molar-refractivity contribution in [1.82, 2.24) is 4.57 Å². The zero-order valence-electron chi connectivity index (χ0n) is 17.7. The van der Waals surface area contributed by atoms with E-state index in [1.165, 1.54) is 12.1 Å². The van der Waals surface area contributed by atoms with Crippen molar-refractivity contribution < 1.29 is 27.1 Å². The van der Waals surface area contributed by atoms with E-state index in [0.29, 0.717) is 28.1 Å². The highest BCUT2D eigenvalue weighted by Gasteiger charge is 2.36. The third kappa shape index (κ3) is 4.87. The number of alkyl halides is 3. The Bertz CT molecular complexity index is 1520. The van der Waals surface area contributed by atoms with Crippen molar-refractivity contribution in [1.29, 1.82) is 5.26 Å². The Morgan fingerprint density at radius 1 is 1.00 bits per heavy atom. The Labute approximate surface area is 199 Å². The van der Waals surface area contributed by atoms with E-state index in [0.717, 1.165) is 28.0 Å². The van der Waals surface area contributed by atoms with E-state index < -0.39 is 41.0 Å². The molecule has 178 valence electrons. The lowest BCUT2D eigenvalue weighted by Crippen LogP contribution is -2.28. The molecule has 2 heterocycles. The minimum atomic E-state index is -4.98. The fraction of sp³-hybridized carbons (Fsp3) is 0.120. The first-order valence-electron chi connectivity index (χ1n) is 10.1. The number of pyridine rings is 1. The average molecular weight is 502 g/mol. The van der Waals surface area contributed by atoms with Gasteiger partial charge in [0.15, 0.2) is 0 Å². The van der Waals surface area contributed by atoms with Crippen molar-refractivity contribution in [3.63, 3.8) is 0 Å². The molecule has 10 heteroatoms. The summed E-state index contributed by atoms with van der Waals surface area (Å²) >= 11 is 1.09. The number of nitrogens with zero attached hydrogens (tertiary/aromatic N) is 2. The van der Waals surface area contributed by atoms with Crippen LogP contribution in [0.2, 0.25) is 0 Å². The first kappa shape index (κ1) is 24.3. The normalized spacial score (nSPS) is 11.5. The molecule has 0 saturated heterocycles. The summed E-state index contributed by atoms with van der Waals surface area (Å²) in [6, 6.07) is 14.7. The molecule has 1 N–H and O–H groups in total. The number of thiophene rings is 1. The molecule has 2 aromatic heterocycles. The Morgan fingerprint density at radius 3 is 2.40 bits per heavy atom. The van der Waals surface area contributed by atoms with Gasteiger partial charge in [0.25, 0.3) is 5.56 Å². The van der Waals surface area contributed by atoms with Crippen LogP contribution in [0.3, 0.4) is 0 Å². The van der Waals surface area contributed by atoms with Gasteiger partial charge in [0.1, 0.15) is 23.3 Å². The summed E-state index contributed by atoms with van der Waals surface area (Å²) in [5.41, 5.74) is -2.71. The zero-order valence-corrected chi connectivity index (χ0v) is 18.6. The SMILES string of the molecule is N#Cc1c(C(F)(F)F)cc(-c2ccc(-c3cccc(CO)c3)s2)n(Cc2ccc(F)cc2F)c1=O. The molecule has 0 spiro atoms. The number of hydrogen-bond donors (Lipinski definition) is 1. The van der Waals surface area contributed by atoms with Gasteiger partial charge < -0.3 is 9.67 Å². The Hall–Kier alpha value is -3.81. The topological polar surface area (TPSA) is 66.0 Å².